The van der Waals surface area contributed by atoms with Gasteiger partial charge in [-0.1, -0.05) is 6.92 Å². The van der Waals surface area contributed by atoms with E-state index in [-0.39, 0.29) is 18.2 Å². The molecule has 0 aromatic heterocycles. The highest BCUT2D eigenvalue weighted by Gasteiger charge is 2.27. The van der Waals surface area contributed by atoms with Crippen LogP contribution in [0.25, 0.3) is 0 Å². The summed E-state index contributed by atoms with van der Waals surface area (Å²) in [6.45, 7) is 6.52. The first-order valence-electron chi connectivity index (χ1n) is 4.91. The second-order valence-corrected chi connectivity index (χ2v) is 3.97. The lowest BCUT2D eigenvalue weighted by atomic mass is 9.98. The molecule has 0 aliphatic carbocycles. The molecule has 0 unspecified atom stereocenters. The molecule has 0 aromatic carbocycles. The Morgan fingerprint density at radius 3 is 2.77 bits per heavy atom. The van der Waals surface area contributed by atoms with Crippen LogP contribution < -0.4 is 0 Å². The maximum atomic E-state index is 11.4. The van der Waals surface area contributed by atoms with Crippen molar-refractivity contribution in [3.8, 4) is 0 Å². The van der Waals surface area contributed by atoms with Gasteiger partial charge in [0.15, 0.2) is 6.10 Å². The summed E-state index contributed by atoms with van der Waals surface area (Å²) < 4.78 is 10.4. The summed E-state index contributed by atoms with van der Waals surface area (Å²) in [6, 6.07) is 0. The van der Waals surface area contributed by atoms with E-state index in [0.29, 0.717) is 12.5 Å². The monoisotopic (exact) mass is 186 g/mol. The van der Waals surface area contributed by atoms with Crippen LogP contribution in [0.15, 0.2) is 0 Å². The molecule has 2 atom stereocenters. The van der Waals surface area contributed by atoms with E-state index in [1.54, 1.807) is 0 Å². The van der Waals surface area contributed by atoms with Crippen molar-refractivity contribution < 1.29 is 14.3 Å². The van der Waals surface area contributed by atoms with Gasteiger partial charge < -0.3 is 9.47 Å². The molecule has 1 rings (SSSR count). The molecule has 0 amide bonds. The van der Waals surface area contributed by atoms with E-state index in [0.717, 1.165) is 12.8 Å². The van der Waals surface area contributed by atoms with Gasteiger partial charge in [-0.2, -0.15) is 0 Å². The molecule has 0 aromatic rings. The Balaban J connectivity index is 2.37. The topological polar surface area (TPSA) is 35.5 Å². The van der Waals surface area contributed by atoms with Crippen LogP contribution in [0, 0.1) is 5.92 Å². The third-order valence-corrected chi connectivity index (χ3v) is 2.16. The van der Waals surface area contributed by atoms with Gasteiger partial charge in [-0.15, -0.1) is 0 Å². The van der Waals surface area contributed by atoms with Crippen molar-refractivity contribution in [1.29, 1.82) is 0 Å². The van der Waals surface area contributed by atoms with Gasteiger partial charge in [0.25, 0.3) is 0 Å². The van der Waals surface area contributed by atoms with Gasteiger partial charge in [0.1, 0.15) is 0 Å². The maximum absolute atomic E-state index is 11.4. The Morgan fingerprint density at radius 1 is 1.54 bits per heavy atom. The third kappa shape index (κ3) is 3.35. The van der Waals surface area contributed by atoms with Gasteiger partial charge in [-0.25, -0.2) is 4.79 Å². The average molecular weight is 186 g/mol. The van der Waals surface area contributed by atoms with Crippen molar-refractivity contribution in [2.75, 3.05) is 6.61 Å². The van der Waals surface area contributed by atoms with E-state index in [4.69, 9.17) is 9.47 Å². The van der Waals surface area contributed by atoms with E-state index in [1.807, 2.05) is 13.8 Å². The van der Waals surface area contributed by atoms with Crippen molar-refractivity contribution in [3.63, 3.8) is 0 Å². The van der Waals surface area contributed by atoms with E-state index in [1.165, 1.54) is 0 Å². The lowest BCUT2D eigenvalue weighted by molar-refractivity contribution is -0.165. The van der Waals surface area contributed by atoms with Crippen LogP contribution in [0.5, 0.6) is 0 Å². The Labute approximate surface area is 79.4 Å². The summed E-state index contributed by atoms with van der Waals surface area (Å²) in [5.74, 6) is 0.361. The molecule has 3 heteroatoms. The number of carbonyl (C=O) groups excluding carboxylic acids is 1. The number of esters is 1. The molecule has 13 heavy (non-hydrogen) atoms. The Bertz CT molecular complexity index is 177. The summed E-state index contributed by atoms with van der Waals surface area (Å²) in [5, 5.41) is 0. The molecule has 3 nitrogen and oxygen atoms in total. The minimum Gasteiger partial charge on any atom is -0.461 e. The fourth-order valence-electron chi connectivity index (χ4n) is 1.44. The first-order valence-corrected chi connectivity index (χ1v) is 4.91. The summed E-state index contributed by atoms with van der Waals surface area (Å²) in [4.78, 5) is 11.4. The van der Waals surface area contributed by atoms with Crippen molar-refractivity contribution in [2.24, 2.45) is 5.92 Å². The summed E-state index contributed by atoms with van der Waals surface area (Å²) in [6.07, 6.45) is 1.47. The maximum Gasteiger partial charge on any atom is 0.335 e. The summed E-state index contributed by atoms with van der Waals surface area (Å²) >= 11 is 0. The first kappa shape index (κ1) is 10.5. The van der Waals surface area contributed by atoms with Crippen molar-refractivity contribution in [3.05, 3.63) is 0 Å². The smallest absolute Gasteiger partial charge is 0.335 e. The molecule has 76 valence electrons. The highest BCUT2D eigenvalue weighted by Crippen LogP contribution is 2.20. The zero-order valence-corrected chi connectivity index (χ0v) is 8.58. The van der Waals surface area contributed by atoms with Crippen molar-refractivity contribution in [1.82, 2.24) is 0 Å². The number of rotatable bonds is 2. The first-order chi connectivity index (χ1) is 6.09. The minimum absolute atomic E-state index is 0.0478. The van der Waals surface area contributed by atoms with Gasteiger partial charge in [0.05, 0.1) is 6.10 Å². The van der Waals surface area contributed by atoms with Crippen molar-refractivity contribution in [2.45, 2.75) is 45.8 Å². The van der Waals surface area contributed by atoms with Crippen LogP contribution in [0.1, 0.15) is 33.6 Å². The zero-order chi connectivity index (χ0) is 9.84. The highest BCUT2D eigenvalue weighted by molar-refractivity contribution is 5.74. The average Bonchev–Trinajstić information content (AvgIpc) is 2.03. The molecular weight excluding hydrogens is 168 g/mol. The van der Waals surface area contributed by atoms with Crippen LogP contribution in [0.4, 0.5) is 0 Å². The minimum atomic E-state index is -0.328. The predicted molar refractivity (Wildman–Crippen MR) is 49.4 cm³/mol. The largest absolute Gasteiger partial charge is 0.461 e. The standard InChI is InChI=1S/C10H18O3/c1-7(2)13-10(11)9-6-8(3)4-5-12-9/h7-9H,4-6H2,1-3H3/t8-,9-/m0/s1. The van der Waals surface area contributed by atoms with Gasteiger partial charge in [0, 0.05) is 6.61 Å². The normalized spacial score (nSPS) is 28.9. The van der Waals surface area contributed by atoms with Gasteiger partial charge in [-0.3, -0.25) is 0 Å². The second kappa shape index (κ2) is 4.61. The zero-order valence-electron chi connectivity index (χ0n) is 8.58. The van der Waals surface area contributed by atoms with E-state index < -0.39 is 0 Å². The van der Waals surface area contributed by atoms with Crippen LogP contribution >= 0.6 is 0 Å². The Kier molecular flexibility index (Phi) is 3.72. The molecule has 0 saturated carbocycles. The summed E-state index contributed by atoms with van der Waals surface area (Å²) in [7, 11) is 0. The van der Waals surface area contributed by atoms with E-state index in [2.05, 4.69) is 6.92 Å². The van der Waals surface area contributed by atoms with Crippen LogP contribution in [-0.4, -0.2) is 24.8 Å². The quantitative estimate of drug-likeness (QED) is 0.616. The lowest BCUT2D eigenvalue weighted by Gasteiger charge is -2.26. The molecule has 0 bridgehead atoms. The van der Waals surface area contributed by atoms with E-state index in [9.17, 15) is 4.79 Å². The number of hydrogen-bond acceptors (Lipinski definition) is 3. The SMILES string of the molecule is CC(C)OC(=O)[C@@H]1C[C@@H](C)CCO1. The number of carbonyl (C=O) groups is 1. The van der Waals surface area contributed by atoms with Crippen molar-refractivity contribution >= 4 is 5.97 Å². The molecule has 1 aliphatic heterocycles. The van der Waals surface area contributed by atoms with Gasteiger partial charge >= 0.3 is 5.97 Å². The second-order valence-electron chi connectivity index (χ2n) is 3.97. The molecule has 0 radical (unpaired) electrons. The van der Waals surface area contributed by atoms with E-state index >= 15 is 0 Å². The molecule has 1 saturated heterocycles. The van der Waals surface area contributed by atoms with Crippen LogP contribution in [-0.2, 0) is 14.3 Å². The van der Waals surface area contributed by atoms with Crippen LogP contribution in [0.2, 0.25) is 0 Å². The predicted octanol–water partition coefficient (Wildman–Crippen LogP) is 1.75. The van der Waals surface area contributed by atoms with Gasteiger partial charge in [0.2, 0.25) is 0 Å². The highest BCUT2D eigenvalue weighted by atomic mass is 16.6. The van der Waals surface area contributed by atoms with Crippen LogP contribution in [0.3, 0.4) is 0 Å². The molecule has 0 N–H and O–H groups in total. The molecular formula is C10H18O3. The number of ether oxygens (including phenoxy) is 2. The number of hydrogen-bond donors (Lipinski definition) is 0. The molecule has 0 spiro atoms. The fourth-order valence-corrected chi connectivity index (χ4v) is 1.44. The third-order valence-electron chi connectivity index (χ3n) is 2.16. The molecule has 1 fully saturated rings. The lowest BCUT2D eigenvalue weighted by Crippen LogP contribution is -2.34. The molecule has 1 aliphatic rings. The molecule has 1 heterocycles. The fraction of sp³-hybridized carbons (Fsp3) is 0.900. The Morgan fingerprint density at radius 2 is 2.23 bits per heavy atom. The van der Waals surface area contributed by atoms with Gasteiger partial charge in [-0.05, 0) is 32.6 Å². The summed E-state index contributed by atoms with van der Waals surface area (Å²) in [5.41, 5.74) is 0. The Hall–Kier alpha value is -0.570.